The highest BCUT2D eigenvalue weighted by Crippen LogP contribution is 2.22. The number of hydrogen-bond donors (Lipinski definition) is 1. The van der Waals surface area contributed by atoms with E-state index in [-0.39, 0.29) is 24.5 Å². The van der Waals surface area contributed by atoms with Gasteiger partial charge in [0.2, 0.25) is 5.91 Å². The summed E-state index contributed by atoms with van der Waals surface area (Å²) in [6.45, 7) is 5.01. The van der Waals surface area contributed by atoms with Crippen LogP contribution >= 0.6 is 11.3 Å². The van der Waals surface area contributed by atoms with Gasteiger partial charge >= 0.3 is 5.97 Å². The molecule has 0 atom stereocenters. The van der Waals surface area contributed by atoms with Gasteiger partial charge in [-0.2, -0.15) is 0 Å². The third kappa shape index (κ3) is 3.92. The summed E-state index contributed by atoms with van der Waals surface area (Å²) >= 11 is 1.17. The molecule has 0 aliphatic heterocycles. The minimum atomic E-state index is -0.515. The highest BCUT2D eigenvalue weighted by Gasteiger charge is 2.17. The number of carbonyl (C=O) groups is 3. The quantitative estimate of drug-likeness (QED) is 0.648. The van der Waals surface area contributed by atoms with E-state index >= 15 is 0 Å². The summed E-state index contributed by atoms with van der Waals surface area (Å²) < 4.78 is 4.83. The van der Waals surface area contributed by atoms with Crippen molar-refractivity contribution >= 4 is 34.1 Å². The van der Waals surface area contributed by atoms with Crippen LogP contribution in [0.4, 0.5) is 5.13 Å². The van der Waals surface area contributed by atoms with E-state index in [2.05, 4.69) is 10.3 Å². The largest absolute Gasteiger partial charge is 0.461 e. The SMILES string of the molecule is CCOC(=O)c1nc(NC(=O)CC(C)=O)sc1C. The lowest BCUT2D eigenvalue weighted by atomic mass is 10.3. The first kappa shape index (κ1) is 14.3. The molecular formula is C11H14N2O4S. The molecule has 1 heterocycles. The zero-order chi connectivity index (χ0) is 13.7. The highest BCUT2D eigenvalue weighted by atomic mass is 32.1. The molecule has 0 bridgehead atoms. The van der Waals surface area contributed by atoms with Gasteiger partial charge < -0.3 is 10.1 Å². The van der Waals surface area contributed by atoms with Crippen molar-refractivity contribution in [3.63, 3.8) is 0 Å². The Morgan fingerprint density at radius 3 is 2.61 bits per heavy atom. The number of amides is 1. The Labute approximate surface area is 108 Å². The van der Waals surface area contributed by atoms with E-state index < -0.39 is 11.9 Å². The van der Waals surface area contributed by atoms with Crippen molar-refractivity contribution in [3.05, 3.63) is 10.6 Å². The van der Waals surface area contributed by atoms with Crippen molar-refractivity contribution in [2.24, 2.45) is 0 Å². The van der Waals surface area contributed by atoms with Crippen LogP contribution in [0.1, 0.15) is 35.6 Å². The number of nitrogens with one attached hydrogen (secondary N) is 1. The maximum atomic E-state index is 11.5. The molecule has 1 N–H and O–H groups in total. The Morgan fingerprint density at radius 1 is 1.39 bits per heavy atom. The number of Topliss-reactive ketones (excluding diaryl/α,β-unsaturated/α-hetero) is 1. The molecule has 0 saturated carbocycles. The molecule has 1 aromatic rings. The number of aryl methyl sites for hydroxylation is 1. The van der Waals surface area contributed by atoms with Gasteiger partial charge in [-0.3, -0.25) is 9.59 Å². The molecule has 0 fully saturated rings. The van der Waals surface area contributed by atoms with Crippen LogP contribution in [0.3, 0.4) is 0 Å². The Hall–Kier alpha value is -1.76. The van der Waals surface area contributed by atoms with E-state index in [4.69, 9.17) is 4.74 Å². The zero-order valence-electron chi connectivity index (χ0n) is 10.4. The second-order valence-corrected chi connectivity index (χ2v) is 4.77. The molecule has 0 spiro atoms. The molecule has 18 heavy (non-hydrogen) atoms. The van der Waals surface area contributed by atoms with Gasteiger partial charge in [-0.15, -0.1) is 11.3 Å². The minimum Gasteiger partial charge on any atom is -0.461 e. The minimum absolute atomic E-state index is 0.194. The van der Waals surface area contributed by atoms with Gasteiger partial charge in [-0.05, 0) is 20.8 Å². The van der Waals surface area contributed by atoms with Crippen molar-refractivity contribution in [2.45, 2.75) is 27.2 Å². The first-order valence-electron chi connectivity index (χ1n) is 5.37. The number of ketones is 1. The van der Waals surface area contributed by atoms with Gasteiger partial charge in [0.25, 0.3) is 0 Å². The summed E-state index contributed by atoms with van der Waals surface area (Å²) in [6.07, 6.45) is -0.201. The number of rotatable bonds is 5. The van der Waals surface area contributed by atoms with E-state index in [0.29, 0.717) is 10.0 Å². The molecule has 0 aliphatic carbocycles. The Balaban J connectivity index is 2.75. The molecule has 0 radical (unpaired) electrons. The number of nitrogens with zero attached hydrogens (tertiary/aromatic N) is 1. The number of carbonyl (C=O) groups excluding carboxylic acids is 3. The van der Waals surface area contributed by atoms with Crippen LogP contribution in [-0.4, -0.2) is 29.3 Å². The lowest BCUT2D eigenvalue weighted by Crippen LogP contribution is -2.15. The Morgan fingerprint density at radius 2 is 2.06 bits per heavy atom. The fourth-order valence-electron chi connectivity index (χ4n) is 1.23. The zero-order valence-corrected chi connectivity index (χ0v) is 11.2. The predicted octanol–water partition coefficient (Wildman–Crippen LogP) is 1.55. The smallest absolute Gasteiger partial charge is 0.358 e. The third-order valence-corrected chi connectivity index (χ3v) is 2.81. The number of ether oxygens (including phenoxy) is 1. The van der Waals surface area contributed by atoms with Gasteiger partial charge in [0.15, 0.2) is 10.8 Å². The van der Waals surface area contributed by atoms with Crippen molar-refractivity contribution in [2.75, 3.05) is 11.9 Å². The van der Waals surface area contributed by atoms with Crippen molar-refractivity contribution in [1.82, 2.24) is 4.98 Å². The van der Waals surface area contributed by atoms with Gasteiger partial charge in [0, 0.05) is 4.88 Å². The van der Waals surface area contributed by atoms with Crippen molar-refractivity contribution in [1.29, 1.82) is 0 Å². The summed E-state index contributed by atoms with van der Waals surface area (Å²) in [5.74, 6) is -1.18. The fraction of sp³-hybridized carbons (Fsp3) is 0.455. The first-order valence-corrected chi connectivity index (χ1v) is 6.19. The Bertz CT molecular complexity index is 481. The molecule has 1 rings (SSSR count). The summed E-state index contributed by atoms with van der Waals surface area (Å²) in [6, 6.07) is 0. The lowest BCUT2D eigenvalue weighted by molar-refractivity contribution is -0.124. The second-order valence-electron chi connectivity index (χ2n) is 3.57. The van der Waals surface area contributed by atoms with Crippen molar-refractivity contribution < 1.29 is 19.1 Å². The Kier molecular flexibility index (Phi) is 4.96. The predicted molar refractivity (Wildman–Crippen MR) is 66.7 cm³/mol. The topological polar surface area (TPSA) is 85.4 Å². The van der Waals surface area contributed by atoms with Crippen molar-refractivity contribution in [3.8, 4) is 0 Å². The summed E-state index contributed by atoms with van der Waals surface area (Å²) in [4.78, 5) is 38.2. The normalized spacial score (nSPS) is 9.94. The number of hydrogen-bond acceptors (Lipinski definition) is 6. The number of aromatic nitrogens is 1. The standard InChI is InChI=1S/C11H14N2O4S/c1-4-17-10(16)9-7(3)18-11(13-9)12-8(15)5-6(2)14/h4-5H2,1-3H3,(H,12,13,15). The average Bonchev–Trinajstić information content (AvgIpc) is 2.58. The van der Waals surface area contributed by atoms with E-state index in [0.717, 1.165) is 0 Å². The van der Waals surface area contributed by atoms with Crippen LogP contribution in [0, 0.1) is 6.92 Å². The molecule has 6 nitrogen and oxygen atoms in total. The lowest BCUT2D eigenvalue weighted by Gasteiger charge is -1.99. The van der Waals surface area contributed by atoms with Gasteiger partial charge in [0.05, 0.1) is 13.0 Å². The van der Waals surface area contributed by atoms with Crippen LogP contribution in [-0.2, 0) is 14.3 Å². The van der Waals surface area contributed by atoms with Crippen LogP contribution < -0.4 is 5.32 Å². The molecular weight excluding hydrogens is 256 g/mol. The fourth-order valence-corrected chi connectivity index (χ4v) is 2.05. The molecule has 98 valence electrons. The van der Waals surface area contributed by atoms with Gasteiger partial charge in [-0.1, -0.05) is 0 Å². The summed E-state index contributed by atoms with van der Waals surface area (Å²) in [5.41, 5.74) is 0.194. The maximum Gasteiger partial charge on any atom is 0.358 e. The van der Waals surface area contributed by atoms with E-state index in [1.54, 1.807) is 13.8 Å². The van der Waals surface area contributed by atoms with Crippen LogP contribution in [0.5, 0.6) is 0 Å². The number of esters is 1. The molecule has 7 heteroatoms. The van der Waals surface area contributed by atoms with Crippen LogP contribution in [0.2, 0.25) is 0 Å². The third-order valence-electron chi connectivity index (χ3n) is 1.92. The molecule has 0 unspecified atom stereocenters. The van der Waals surface area contributed by atoms with Crippen LogP contribution in [0.25, 0.3) is 0 Å². The molecule has 0 aliphatic rings. The second kappa shape index (κ2) is 6.25. The van der Waals surface area contributed by atoms with Gasteiger partial charge in [0.1, 0.15) is 5.78 Å². The van der Waals surface area contributed by atoms with Gasteiger partial charge in [-0.25, -0.2) is 9.78 Å². The molecule has 1 aromatic heterocycles. The number of thiazole rings is 1. The first-order chi connectivity index (χ1) is 8.43. The summed E-state index contributed by atoms with van der Waals surface area (Å²) in [7, 11) is 0. The maximum absolute atomic E-state index is 11.5. The number of anilines is 1. The van der Waals surface area contributed by atoms with E-state index in [9.17, 15) is 14.4 Å². The van der Waals surface area contributed by atoms with Crippen LogP contribution in [0.15, 0.2) is 0 Å². The summed E-state index contributed by atoms with van der Waals surface area (Å²) in [5, 5.41) is 2.76. The van der Waals surface area contributed by atoms with E-state index in [1.807, 2.05) is 0 Å². The molecule has 0 saturated heterocycles. The average molecular weight is 270 g/mol. The highest BCUT2D eigenvalue weighted by molar-refractivity contribution is 7.16. The van der Waals surface area contributed by atoms with E-state index in [1.165, 1.54) is 18.3 Å². The molecule has 1 amide bonds. The molecule has 0 aromatic carbocycles. The monoisotopic (exact) mass is 270 g/mol.